The van der Waals surface area contributed by atoms with Gasteiger partial charge in [0.15, 0.2) is 0 Å². The lowest BCUT2D eigenvalue weighted by Gasteiger charge is -2.73. The van der Waals surface area contributed by atoms with Crippen LogP contribution in [0.25, 0.3) is 0 Å². The number of hydrogen-bond acceptors (Lipinski definition) is 3. The number of allylic oxidation sites excluding steroid dienone is 1. The van der Waals surface area contributed by atoms with E-state index in [1.807, 2.05) is 12.1 Å². The molecule has 0 aromatic heterocycles. The number of carbonyl (C=O) groups is 2. The minimum absolute atomic E-state index is 0.153. The Morgan fingerprint density at radius 1 is 0.833 bits per heavy atom. The lowest BCUT2D eigenvalue weighted by atomic mass is 9.31. The second kappa shape index (κ2) is 9.70. The maximum atomic E-state index is 12.9. The number of methoxy groups -OCH3 is 1. The highest BCUT2D eigenvalue weighted by Gasteiger charge is 2.72. The van der Waals surface area contributed by atoms with Crippen LogP contribution in [0.5, 0.6) is 0 Å². The lowest BCUT2D eigenvalue weighted by molar-refractivity contribution is -0.239. The van der Waals surface area contributed by atoms with Crippen LogP contribution in [0.1, 0.15) is 128 Å². The molecule has 10 atom stereocenters. The van der Waals surface area contributed by atoms with E-state index < -0.39 is 11.4 Å². The van der Waals surface area contributed by atoms with E-state index in [2.05, 4.69) is 60.3 Å². The summed E-state index contributed by atoms with van der Waals surface area (Å²) in [6, 6.07) is 8.20. The average molecular weight is 575 g/mol. The zero-order valence-electron chi connectivity index (χ0n) is 27.2. The van der Waals surface area contributed by atoms with Crippen LogP contribution < -0.4 is 0 Å². The third-order valence-electron chi connectivity index (χ3n) is 15.3. The molecule has 5 aliphatic carbocycles. The van der Waals surface area contributed by atoms with Crippen LogP contribution in [0.4, 0.5) is 0 Å². The van der Waals surface area contributed by atoms with Gasteiger partial charge in [-0.05, 0) is 146 Å². The van der Waals surface area contributed by atoms with Crippen LogP contribution in [0.15, 0.2) is 36.4 Å². The van der Waals surface area contributed by atoms with Crippen molar-refractivity contribution >= 4 is 11.9 Å². The van der Waals surface area contributed by atoms with Crippen LogP contribution in [0.3, 0.4) is 0 Å². The van der Waals surface area contributed by atoms with Crippen LogP contribution in [-0.2, 0) is 9.53 Å². The van der Waals surface area contributed by atoms with E-state index in [1.165, 1.54) is 56.8 Å². The van der Waals surface area contributed by atoms with Crippen molar-refractivity contribution in [3.8, 4) is 0 Å². The van der Waals surface area contributed by atoms with E-state index in [9.17, 15) is 14.7 Å². The van der Waals surface area contributed by atoms with Crippen molar-refractivity contribution in [2.45, 2.75) is 112 Å². The number of carboxylic acids is 1. The van der Waals surface area contributed by atoms with Crippen molar-refractivity contribution in [3.63, 3.8) is 0 Å². The fourth-order valence-corrected chi connectivity index (χ4v) is 13.1. The van der Waals surface area contributed by atoms with E-state index in [-0.39, 0.29) is 33.5 Å². The summed E-state index contributed by atoms with van der Waals surface area (Å²) in [6.45, 7) is 19.4. The SMILES string of the molecule is C=C(C)[C@@H]1CC[C@]2(C(=O)O)CC[C@]3(C)[C@H](CC[C@@H]4[C@@]5(C)CCC(c6ccc(C(=O)OC)cc6)C(C)(C)[C@@H]5CC[C@]43C)[C@@H]12. The highest BCUT2D eigenvalue weighted by molar-refractivity contribution is 5.89. The standard InChI is InChI=1S/C38H54O4/c1-23(2)26-15-20-38(33(40)41)22-21-36(6)28(31(26)38)13-14-30-35(5)18-16-27(24-9-11-25(12-10-24)32(39)42-8)34(3,4)29(35)17-19-37(30,36)7/h9-12,26-31H,1,13-22H2,2-8H3,(H,40,41)/t26-,27?,28+,29-,30+,31+,35-,36+,37+,38-/m0/s1. The largest absolute Gasteiger partial charge is 0.481 e. The Morgan fingerprint density at radius 2 is 1.52 bits per heavy atom. The van der Waals surface area contributed by atoms with Crippen LogP contribution in [0.2, 0.25) is 0 Å². The summed E-state index contributed by atoms with van der Waals surface area (Å²) in [7, 11) is 1.44. The summed E-state index contributed by atoms with van der Waals surface area (Å²) in [5.74, 6) is 1.99. The van der Waals surface area contributed by atoms with Crippen molar-refractivity contribution in [2.75, 3.05) is 7.11 Å². The molecule has 5 aliphatic rings. The molecule has 230 valence electrons. The Bertz CT molecular complexity index is 1280. The quantitative estimate of drug-likeness (QED) is 0.287. The molecule has 0 aliphatic heterocycles. The number of benzene rings is 1. The maximum absolute atomic E-state index is 12.9. The van der Waals surface area contributed by atoms with Gasteiger partial charge in [0.2, 0.25) is 0 Å². The molecule has 42 heavy (non-hydrogen) atoms. The first-order chi connectivity index (χ1) is 19.7. The predicted molar refractivity (Wildman–Crippen MR) is 167 cm³/mol. The van der Waals surface area contributed by atoms with Gasteiger partial charge in [0.1, 0.15) is 0 Å². The summed E-state index contributed by atoms with van der Waals surface area (Å²) in [5, 5.41) is 10.6. The molecule has 0 bridgehead atoms. The van der Waals surface area contributed by atoms with Gasteiger partial charge < -0.3 is 9.84 Å². The maximum Gasteiger partial charge on any atom is 0.337 e. The number of carbonyl (C=O) groups excluding carboxylic acids is 1. The number of rotatable bonds is 4. The summed E-state index contributed by atoms with van der Waals surface area (Å²) >= 11 is 0. The molecule has 1 aromatic carbocycles. The van der Waals surface area contributed by atoms with Crippen molar-refractivity contribution in [3.05, 3.63) is 47.5 Å². The van der Waals surface area contributed by atoms with Gasteiger partial charge in [0, 0.05) is 0 Å². The molecular weight excluding hydrogens is 520 g/mol. The van der Waals surface area contributed by atoms with Crippen molar-refractivity contribution in [2.24, 2.45) is 56.7 Å². The Labute approximate surface area is 254 Å². The summed E-state index contributed by atoms with van der Waals surface area (Å²) < 4.78 is 4.94. The highest BCUT2D eigenvalue weighted by Crippen LogP contribution is 2.78. The molecule has 4 heteroatoms. The Kier molecular flexibility index (Phi) is 6.92. The topological polar surface area (TPSA) is 63.6 Å². The van der Waals surface area contributed by atoms with E-state index in [0.29, 0.717) is 35.2 Å². The second-order valence-electron chi connectivity index (χ2n) is 16.7. The van der Waals surface area contributed by atoms with E-state index in [0.717, 1.165) is 25.7 Å². The van der Waals surface area contributed by atoms with Crippen LogP contribution in [-0.4, -0.2) is 24.2 Å². The van der Waals surface area contributed by atoms with Gasteiger partial charge in [-0.2, -0.15) is 0 Å². The average Bonchev–Trinajstić information content (AvgIpc) is 3.34. The first-order valence-corrected chi connectivity index (χ1v) is 16.7. The van der Waals surface area contributed by atoms with E-state index in [1.54, 1.807) is 0 Å². The molecule has 5 saturated carbocycles. The van der Waals surface area contributed by atoms with Gasteiger partial charge >= 0.3 is 11.9 Å². The summed E-state index contributed by atoms with van der Waals surface area (Å²) in [4.78, 5) is 25.0. The second-order valence-corrected chi connectivity index (χ2v) is 16.7. The number of fused-ring (bicyclic) bond motifs is 7. The van der Waals surface area contributed by atoms with Crippen molar-refractivity contribution in [1.82, 2.24) is 0 Å². The fraction of sp³-hybridized carbons (Fsp3) is 0.737. The molecule has 1 unspecified atom stereocenters. The molecule has 0 saturated heterocycles. The lowest BCUT2D eigenvalue weighted by Crippen LogP contribution is -2.66. The Morgan fingerprint density at radius 3 is 2.14 bits per heavy atom. The van der Waals surface area contributed by atoms with Gasteiger partial charge in [-0.15, -0.1) is 0 Å². The van der Waals surface area contributed by atoms with Gasteiger partial charge in [0.05, 0.1) is 18.1 Å². The molecule has 1 aromatic rings. The molecule has 6 rings (SSSR count). The van der Waals surface area contributed by atoms with E-state index >= 15 is 0 Å². The highest BCUT2D eigenvalue weighted by atomic mass is 16.5. The Hall–Kier alpha value is -2.10. The molecule has 5 fully saturated rings. The van der Waals surface area contributed by atoms with Crippen LogP contribution >= 0.6 is 0 Å². The third-order valence-corrected chi connectivity index (χ3v) is 15.3. The number of hydrogen-bond donors (Lipinski definition) is 1. The molecule has 0 spiro atoms. The van der Waals surface area contributed by atoms with Gasteiger partial charge in [0.25, 0.3) is 0 Å². The van der Waals surface area contributed by atoms with Crippen molar-refractivity contribution < 1.29 is 19.4 Å². The van der Waals surface area contributed by atoms with E-state index in [4.69, 9.17) is 4.74 Å². The van der Waals surface area contributed by atoms with Gasteiger partial charge in [-0.3, -0.25) is 4.79 Å². The summed E-state index contributed by atoms with van der Waals surface area (Å²) in [6.07, 6.45) is 11.0. The van der Waals surface area contributed by atoms with Gasteiger partial charge in [-0.25, -0.2) is 4.79 Å². The zero-order chi connectivity index (χ0) is 30.5. The Balaban J connectivity index is 1.32. The predicted octanol–water partition coefficient (Wildman–Crippen LogP) is 9.30. The minimum atomic E-state index is -0.554. The molecule has 1 N–H and O–H groups in total. The van der Waals surface area contributed by atoms with Crippen molar-refractivity contribution in [1.29, 1.82) is 0 Å². The molecule has 4 nitrogen and oxygen atoms in total. The molecule has 0 radical (unpaired) electrons. The number of ether oxygens (including phenoxy) is 1. The molecular formula is C38H54O4. The smallest absolute Gasteiger partial charge is 0.337 e. The monoisotopic (exact) mass is 574 g/mol. The first kappa shape index (κ1) is 29.9. The van der Waals surface area contributed by atoms with Gasteiger partial charge in [-0.1, -0.05) is 58.9 Å². The van der Waals surface area contributed by atoms with Crippen LogP contribution in [0, 0.1) is 56.7 Å². The zero-order valence-corrected chi connectivity index (χ0v) is 27.2. The molecule has 0 amide bonds. The number of aliphatic carboxylic acids is 1. The summed E-state index contributed by atoms with van der Waals surface area (Å²) in [5.41, 5.74) is 3.43. The first-order valence-electron chi connectivity index (χ1n) is 16.7. The third kappa shape index (κ3) is 3.78. The normalized spacial score (nSPS) is 45.5. The number of esters is 1. The minimum Gasteiger partial charge on any atom is -0.481 e. The number of carboxylic acid groups (broad SMARTS) is 1. The fourth-order valence-electron chi connectivity index (χ4n) is 13.1. The molecule has 0 heterocycles.